The molecule has 0 aromatic carbocycles. The fourth-order valence-electron chi connectivity index (χ4n) is 2.25. The van der Waals surface area contributed by atoms with Gasteiger partial charge in [-0.2, -0.15) is 0 Å². The van der Waals surface area contributed by atoms with Crippen molar-refractivity contribution in [3.05, 3.63) is 29.3 Å². The maximum absolute atomic E-state index is 5.40. The summed E-state index contributed by atoms with van der Waals surface area (Å²) < 4.78 is 5.40. The van der Waals surface area contributed by atoms with Crippen LogP contribution in [0.5, 0.6) is 0 Å². The van der Waals surface area contributed by atoms with E-state index >= 15 is 0 Å². The fourth-order valence-corrected chi connectivity index (χ4v) is 2.92. The Morgan fingerprint density at radius 1 is 1.58 bits per heavy atom. The van der Waals surface area contributed by atoms with E-state index in [4.69, 9.17) is 4.52 Å². The lowest BCUT2D eigenvalue weighted by Crippen LogP contribution is -2.49. The smallest absolute Gasteiger partial charge is 0.177 e. The first-order chi connectivity index (χ1) is 8.83. The van der Waals surface area contributed by atoms with E-state index < -0.39 is 0 Å². The van der Waals surface area contributed by atoms with Crippen LogP contribution in [0.3, 0.4) is 0 Å². The summed E-state index contributed by atoms with van der Waals surface area (Å²) in [5.41, 5.74) is 1.02. The minimum atomic E-state index is 0. The molecule has 0 saturated carbocycles. The molecule has 1 atom stereocenters. The van der Waals surface area contributed by atoms with Crippen LogP contribution in [0, 0.1) is 0 Å². The predicted octanol–water partition coefficient (Wildman–Crippen LogP) is 2.62. The van der Waals surface area contributed by atoms with E-state index in [0.29, 0.717) is 6.04 Å². The van der Waals surface area contributed by atoms with Crippen LogP contribution in [0.2, 0.25) is 0 Å². The summed E-state index contributed by atoms with van der Waals surface area (Å²) in [5.74, 6) is 0.878. The van der Waals surface area contributed by atoms with Gasteiger partial charge in [0.2, 0.25) is 0 Å². The minimum Gasteiger partial charge on any atom is -0.355 e. The second-order valence-electron chi connectivity index (χ2n) is 4.68. The van der Waals surface area contributed by atoms with Crippen LogP contribution in [0.15, 0.2) is 28.1 Å². The molecule has 0 bridgehead atoms. The van der Waals surface area contributed by atoms with E-state index in [2.05, 4.69) is 39.8 Å². The SMILES string of the molecule is C[C@H]1CNCCN1Cc1cc(-c2cccs2)on1.Cl. The van der Waals surface area contributed by atoms with Gasteiger partial charge in [-0.15, -0.1) is 23.7 Å². The quantitative estimate of drug-likeness (QED) is 0.946. The topological polar surface area (TPSA) is 41.3 Å². The highest BCUT2D eigenvalue weighted by atomic mass is 35.5. The molecule has 0 spiro atoms. The van der Waals surface area contributed by atoms with Crippen LogP contribution in [0.4, 0.5) is 0 Å². The van der Waals surface area contributed by atoms with Crippen molar-refractivity contribution < 1.29 is 4.52 Å². The van der Waals surface area contributed by atoms with Gasteiger partial charge < -0.3 is 9.84 Å². The Bertz CT molecular complexity index is 500. The highest BCUT2D eigenvalue weighted by Crippen LogP contribution is 2.25. The number of aromatic nitrogens is 1. The van der Waals surface area contributed by atoms with Crippen molar-refractivity contribution in [1.29, 1.82) is 0 Å². The van der Waals surface area contributed by atoms with Gasteiger partial charge in [0.25, 0.3) is 0 Å². The number of nitrogens with one attached hydrogen (secondary N) is 1. The van der Waals surface area contributed by atoms with Gasteiger partial charge in [0.05, 0.1) is 10.6 Å². The molecule has 0 aliphatic carbocycles. The lowest BCUT2D eigenvalue weighted by molar-refractivity contribution is 0.161. The van der Waals surface area contributed by atoms with Gasteiger partial charge >= 0.3 is 0 Å². The van der Waals surface area contributed by atoms with Crippen LogP contribution < -0.4 is 5.32 Å². The average Bonchev–Trinajstić information content (AvgIpc) is 3.02. The molecule has 3 heterocycles. The zero-order chi connectivity index (χ0) is 12.4. The Kier molecular flexibility index (Phi) is 4.99. The molecule has 4 nitrogen and oxygen atoms in total. The summed E-state index contributed by atoms with van der Waals surface area (Å²) in [6, 6.07) is 6.70. The van der Waals surface area contributed by atoms with Gasteiger partial charge in [0.15, 0.2) is 5.76 Å². The number of nitrogens with zero attached hydrogens (tertiary/aromatic N) is 2. The van der Waals surface area contributed by atoms with Crippen LogP contribution in [0.1, 0.15) is 12.6 Å². The molecule has 1 saturated heterocycles. The molecule has 104 valence electrons. The van der Waals surface area contributed by atoms with Crippen molar-refractivity contribution in [2.24, 2.45) is 0 Å². The summed E-state index contributed by atoms with van der Waals surface area (Å²) in [6.07, 6.45) is 0. The lowest BCUT2D eigenvalue weighted by Gasteiger charge is -2.33. The molecule has 2 aromatic rings. The second-order valence-corrected chi connectivity index (χ2v) is 5.63. The van der Waals surface area contributed by atoms with E-state index in [1.807, 2.05) is 6.07 Å². The third kappa shape index (κ3) is 3.36. The number of hydrogen-bond acceptors (Lipinski definition) is 5. The molecule has 0 amide bonds. The minimum absolute atomic E-state index is 0. The van der Waals surface area contributed by atoms with Gasteiger partial charge in [-0.25, -0.2) is 0 Å². The Morgan fingerprint density at radius 3 is 3.21 bits per heavy atom. The summed E-state index contributed by atoms with van der Waals surface area (Å²) in [5, 5.41) is 9.62. The van der Waals surface area contributed by atoms with E-state index in [9.17, 15) is 0 Å². The number of rotatable bonds is 3. The summed E-state index contributed by atoms with van der Waals surface area (Å²) >= 11 is 1.68. The fraction of sp³-hybridized carbons (Fsp3) is 0.462. The predicted molar refractivity (Wildman–Crippen MR) is 79.8 cm³/mol. The number of halogens is 1. The Morgan fingerprint density at radius 2 is 2.47 bits per heavy atom. The number of piperazine rings is 1. The first kappa shape index (κ1) is 14.5. The summed E-state index contributed by atoms with van der Waals surface area (Å²) in [4.78, 5) is 3.58. The van der Waals surface area contributed by atoms with Crippen molar-refractivity contribution in [2.75, 3.05) is 19.6 Å². The molecule has 1 N–H and O–H groups in total. The molecule has 1 aliphatic heterocycles. The maximum atomic E-state index is 5.40. The zero-order valence-electron chi connectivity index (χ0n) is 10.8. The molecular formula is C13H18ClN3OS. The molecule has 19 heavy (non-hydrogen) atoms. The second kappa shape index (κ2) is 6.52. The molecule has 6 heteroatoms. The van der Waals surface area contributed by atoms with Crippen molar-refractivity contribution >= 4 is 23.7 Å². The van der Waals surface area contributed by atoms with Crippen molar-refractivity contribution in [3.8, 4) is 10.6 Å². The van der Waals surface area contributed by atoms with Crippen LogP contribution in [-0.2, 0) is 6.54 Å². The van der Waals surface area contributed by atoms with E-state index in [0.717, 1.165) is 42.5 Å². The monoisotopic (exact) mass is 299 g/mol. The summed E-state index contributed by atoms with van der Waals surface area (Å²) in [7, 11) is 0. The third-order valence-corrected chi connectivity index (χ3v) is 4.21. The van der Waals surface area contributed by atoms with E-state index in [-0.39, 0.29) is 12.4 Å². The molecular weight excluding hydrogens is 282 g/mol. The molecule has 2 aromatic heterocycles. The summed E-state index contributed by atoms with van der Waals surface area (Å²) in [6.45, 7) is 6.29. The average molecular weight is 300 g/mol. The van der Waals surface area contributed by atoms with Crippen LogP contribution in [-0.4, -0.2) is 35.7 Å². The van der Waals surface area contributed by atoms with Gasteiger partial charge in [0, 0.05) is 38.3 Å². The normalized spacial score (nSPS) is 20.2. The third-order valence-electron chi connectivity index (χ3n) is 3.33. The number of thiophene rings is 1. The highest BCUT2D eigenvalue weighted by molar-refractivity contribution is 7.13. The largest absolute Gasteiger partial charge is 0.355 e. The first-order valence-electron chi connectivity index (χ1n) is 6.27. The first-order valence-corrected chi connectivity index (χ1v) is 7.15. The number of hydrogen-bond donors (Lipinski definition) is 1. The van der Waals surface area contributed by atoms with Crippen molar-refractivity contribution in [1.82, 2.24) is 15.4 Å². The molecule has 0 unspecified atom stereocenters. The van der Waals surface area contributed by atoms with Crippen LogP contribution >= 0.6 is 23.7 Å². The van der Waals surface area contributed by atoms with Gasteiger partial charge in [-0.05, 0) is 18.4 Å². The van der Waals surface area contributed by atoms with Crippen molar-refractivity contribution in [2.45, 2.75) is 19.5 Å². The standard InChI is InChI=1S/C13H17N3OS.ClH/c1-10-8-14-4-5-16(10)9-11-7-12(17-15-11)13-3-2-6-18-13;/h2-3,6-7,10,14H,4-5,8-9H2,1H3;1H/t10-;/m0./s1. The van der Waals surface area contributed by atoms with Gasteiger partial charge in [0.1, 0.15) is 0 Å². The van der Waals surface area contributed by atoms with Gasteiger partial charge in [-0.1, -0.05) is 11.2 Å². The zero-order valence-corrected chi connectivity index (χ0v) is 12.5. The molecule has 0 radical (unpaired) electrons. The molecule has 1 aliphatic rings. The van der Waals surface area contributed by atoms with Gasteiger partial charge in [-0.3, -0.25) is 4.90 Å². The maximum Gasteiger partial charge on any atom is 0.177 e. The highest BCUT2D eigenvalue weighted by Gasteiger charge is 2.19. The Balaban J connectivity index is 0.00000133. The van der Waals surface area contributed by atoms with E-state index in [1.165, 1.54) is 0 Å². The Hall–Kier alpha value is -0.880. The van der Waals surface area contributed by atoms with Crippen molar-refractivity contribution in [3.63, 3.8) is 0 Å². The molecule has 1 fully saturated rings. The Labute approximate surface area is 123 Å². The lowest BCUT2D eigenvalue weighted by atomic mass is 10.2. The van der Waals surface area contributed by atoms with Crippen LogP contribution in [0.25, 0.3) is 10.6 Å². The van der Waals surface area contributed by atoms with E-state index in [1.54, 1.807) is 11.3 Å². The molecule has 3 rings (SSSR count).